The largest absolute Gasteiger partial charge is 0.421 e. The van der Waals surface area contributed by atoms with Crippen LogP contribution in [-0.4, -0.2) is 27.0 Å². The summed E-state index contributed by atoms with van der Waals surface area (Å²) >= 11 is 1.21. The number of hydrogen-bond donors (Lipinski definition) is 2. The van der Waals surface area contributed by atoms with Gasteiger partial charge in [0.1, 0.15) is 11.6 Å². The van der Waals surface area contributed by atoms with E-state index in [0.29, 0.717) is 63.8 Å². The summed E-state index contributed by atoms with van der Waals surface area (Å²) in [6.07, 6.45) is 2.87. The van der Waals surface area contributed by atoms with Crippen molar-refractivity contribution in [1.29, 1.82) is 0 Å². The van der Waals surface area contributed by atoms with E-state index in [2.05, 4.69) is 15.5 Å². The van der Waals surface area contributed by atoms with E-state index in [1.807, 2.05) is 13.8 Å². The second kappa shape index (κ2) is 12.9. The number of nitrogens with zero attached hydrogens (tertiary/aromatic N) is 3. The van der Waals surface area contributed by atoms with E-state index >= 15 is 0 Å². The van der Waals surface area contributed by atoms with Gasteiger partial charge in [-0.2, -0.15) is 0 Å². The van der Waals surface area contributed by atoms with Gasteiger partial charge in [0.15, 0.2) is 0 Å². The number of halogens is 2. The lowest BCUT2D eigenvalue weighted by molar-refractivity contribution is 0.0939. The number of hydrogen-bond acceptors (Lipinski definition) is 7. The van der Waals surface area contributed by atoms with Crippen LogP contribution in [0.5, 0.6) is 0 Å². The second-order valence-electron chi connectivity index (χ2n) is 11.9. The molecule has 0 unspecified atom stereocenters. The molecule has 236 valence electrons. The zero-order valence-electron chi connectivity index (χ0n) is 25.7. The molecule has 0 radical (unpaired) electrons. The Morgan fingerprint density at radius 3 is 2.46 bits per heavy atom. The first-order valence-electron chi connectivity index (χ1n) is 15.2. The number of fused-ring (bicyclic) bond motifs is 1. The Bertz CT molecular complexity index is 1930. The highest BCUT2D eigenvalue weighted by Crippen LogP contribution is 2.42. The van der Waals surface area contributed by atoms with Crippen molar-refractivity contribution in [3.63, 3.8) is 0 Å². The van der Waals surface area contributed by atoms with Crippen LogP contribution in [0.1, 0.15) is 80.3 Å². The van der Waals surface area contributed by atoms with Crippen molar-refractivity contribution in [3.05, 3.63) is 111 Å². The predicted octanol–water partition coefficient (Wildman–Crippen LogP) is 6.95. The molecule has 0 fully saturated rings. The van der Waals surface area contributed by atoms with Crippen molar-refractivity contribution in [3.8, 4) is 21.9 Å². The lowest BCUT2D eigenvalue weighted by Crippen LogP contribution is -2.26. The van der Waals surface area contributed by atoms with E-state index in [9.17, 15) is 18.4 Å². The molecular formula is C35H33F2N5O3S. The fourth-order valence-corrected chi connectivity index (χ4v) is 6.97. The minimum absolute atomic E-state index is 0.156. The number of benzene rings is 2. The van der Waals surface area contributed by atoms with Crippen LogP contribution in [0.15, 0.2) is 59.0 Å². The molecule has 1 aliphatic rings. The fraction of sp³-hybridized carbons (Fsp3) is 0.286. The smallest absolute Gasteiger partial charge is 0.261 e. The molecule has 46 heavy (non-hydrogen) atoms. The zero-order valence-corrected chi connectivity index (χ0v) is 26.5. The van der Waals surface area contributed by atoms with Gasteiger partial charge >= 0.3 is 0 Å². The monoisotopic (exact) mass is 641 g/mol. The third-order valence-electron chi connectivity index (χ3n) is 8.07. The van der Waals surface area contributed by atoms with Gasteiger partial charge in [0.25, 0.3) is 11.8 Å². The summed E-state index contributed by atoms with van der Waals surface area (Å²) in [5.41, 5.74) is 11.1. The third-order valence-corrected chi connectivity index (χ3v) is 9.17. The Morgan fingerprint density at radius 2 is 1.76 bits per heavy atom. The minimum atomic E-state index is -0.662. The molecule has 2 aromatic carbocycles. The average molecular weight is 642 g/mol. The van der Waals surface area contributed by atoms with Gasteiger partial charge in [-0.25, -0.2) is 8.78 Å². The normalized spacial score (nSPS) is 14.1. The maximum absolute atomic E-state index is 14.0. The molecule has 3 heterocycles. The number of aryl methyl sites for hydroxylation is 4. The first kappa shape index (κ1) is 31.2. The van der Waals surface area contributed by atoms with Crippen LogP contribution < -0.4 is 11.1 Å². The van der Waals surface area contributed by atoms with Crippen LogP contribution in [0.2, 0.25) is 0 Å². The summed E-state index contributed by atoms with van der Waals surface area (Å²) in [7, 11) is 0. The number of primary amides is 1. The van der Waals surface area contributed by atoms with Crippen LogP contribution in [0.25, 0.3) is 21.9 Å². The molecule has 8 nitrogen and oxygen atoms in total. The van der Waals surface area contributed by atoms with Crippen molar-refractivity contribution < 1.29 is 22.8 Å². The van der Waals surface area contributed by atoms with Gasteiger partial charge < -0.3 is 15.5 Å². The zero-order chi connectivity index (χ0) is 32.5. The molecule has 0 spiro atoms. The van der Waals surface area contributed by atoms with Gasteiger partial charge in [-0.05, 0) is 91.1 Å². The summed E-state index contributed by atoms with van der Waals surface area (Å²) in [5.74, 6) is -0.964. The highest BCUT2D eigenvalue weighted by Gasteiger charge is 2.30. The molecule has 0 saturated carbocycles. The maximum Gasteiger partial charge on any atom is 0.261 e. The molecule has 3 aromatic heterocycles. The number of pyridine rings is 1. The van der Waals surface area contributed by atoms with E-state index < -0.39 is 5.91 Å². The number of thiophene rings is 1. The average Bonchev–Trinajstić information content (AvgIpc) is 3.76. The Labute approximate surface area is 269 Å². The Morgan fingerprint density at radius 1 is 1.00 bits per heavy atom. The van der Waals surface area contributed by atoms with Gasteiger partial charge in [0, 0.05) is 17.4 Å². The first-order chi connectivity index (χ1) is 22.1. The van der Waals surface area contributed by atoms with Crippen molar-refractivity contribution in [2.45, 2.75) is 58.9 Å². The lowest BCUT2D eigenvalue weighted by atomic mass is 9.91. The van der Waals surface area contributed by atoms with Crippen LogP contribution in [0.4, 0.5) is 8.78 Å². The van der Waals surface area contributed by atoms with Crippen LogP contribution in [0.3, 0.4) is 0 Å². The number of rotatable bonds is 10. The third kappa shape index (κ3) is 6.46. The summed E-state index contributed by atoms with van der Waals surface area (Å²) in [4.78, 5) is 32.7. The molecule has 3 N–H and O–H groups in total. The van der Waals surface area contributed by atoms with Gasteiger partial charge in [-0.1, -0.05) is 32.0 Å². The highest BCUT2D eigenvalue weighted by molar-refractivity contribution is 7.17. The SMILES string of the molecule is Cc1nnc(-c2c(CCc3ccc(F)cc3)nc(CC(C)C)c(C(N)=O)c2-c2ccc(C(=O)N[C@@H]3CCc4ccc(F)cc43)s2)o1. The van der Waals surface area contributed by atoms with Gasteiger partial charge in [-0.3, -0.25) is 14.6 Å². The summed E-state index contributed by atoms with van der Waals surface area (Å²) in [5, 5.41) is 11.4. The molecule has 2 amide bonds. The number of nitrogens with one attached hydrogen (secondary N) is 1. The molecule has 5 aromatic rings. The molecule has 0 aliphatic heterocycles. The number of carbonyl (C=O) groups excluding carboxylic acids is 2. The molecule has 1 atom stereocenters. The fourth-order valence-electron chi connectivity index (χ4n) is 6.00. The molecule has 6 rings (SSSR count). The molecule has 11 heteroatoms. The summed E-state index contributed by atoms with van der Waals surface area (Å²) < 4.78 is 33.5. The first-order valence-corrected chi connectivity index (χ1v) is 16.0. The van der Waals surface area contributed by atoms with Crippen molar-refractivity contribution in [2.24, 2.45) is 11.7 Å². The van der Waals surface area contributed by atoms with E-state index in [1.165, 1.54) is 35.6 Å². The van der Waals surface area contributed by atoms with Crippen molar-refractivity contribution >= 4 is 23.2 Å². The number of aromatic nitrogens is 3. The summed E-state index contributed by atoms with van der Waals surface area (Å²) in [6.45, 7) is 5.73. The second-order valence-corrected chi connectivity index (χ2v) is 13.0. The molecule has 1 aliphatic carbocycles. The Hall–Kier alpha value is -4.77. The van der Waals surface area contributed by atoms with Crippen LogP contribution >= 0.6 is 11.3 Å². The predicted molar refractivity (Wildman–Crippen MR) is 171 cm³/mol. The van der Waals surface area contributed by atoms with Gasteiger partial charge in [0.2, 0.25) is 11.8 Å². The van der Waals surface area contributed by atoms with Gasteiger partial charge in [0.05, 0.1) is 33.4 Å². The Balaban J connectivity index is 1.45. The van der Waals surface area contributed by atoms with E-state index in [1.54, 1.807) is 37.3 Å². The van der Waals surface area contributed by atoms with E-state index in [-0.39, 0.29) is 41.0 Å². The maximum atomic E-state index is 14.0. The van der Waals surface area contributed by atoms with E-state index in [0.717, 1.165) is 23.1 Å². The highest BCUT2D eigenvalue weighted by atomic mass is 32.1. The number of amides is 2. The topological polar surface area (TPSA) is 124 Å². The molecule has 0 bridgehead atoms. The minimum Gasteiger partial charge on any atom is -0.421 e. The molecular weight excluding hydrogens is 608 g/mol. The van der Waals surface area contributed by atoms with E-state index in [4.69, 9.17) is 15.1 Å². The van der Waals surface area contributed by atoms with Crippen LogP contribution in [0, 0.1) is 24.5 Å². The molecule has 0 saturated heterocycles. The summed E-state index contributed by atoms with van der Waals surface area (Å²) in [6, 6.07) is 14.1. The number of carbonyl (C=O) groups is 2. The standard InChI is InChI=1S/C35H33F2N5O3S/c1-18(2)16-27-30(33(38)43)32(28-14-15-29(46-28)34(44)40-25-13-8-21-7-11-23(37)17-24(21)25)31(35-42-41-19(3)45-35)26(39-27)12-6-20-4-9-22(36)10-5-20/h4-5,7,9-11,14-15,17-18,25H,6,8,12-13,16H2,1-3H3,(H2,38,43)(H,40,44)/t25-/m1/s1. The quantitative estimate of drug-likeness (QED) is 0.170. The Kier molecular flexibility index (Phi) is 8.77. The van der Waals surface area contributed by atoms with Gasteiger partial charge in [-0.15, -0.1) is 21.5 Å². The lowest BCUT2D eigenvalue weighted by Gasteiger charge is -2.19. The van der Waals surface area contributed by atoms with Crippen molar-refractivity contribution in [2.75, 3.05) is 0 Å². The van der Waals surface area contributed by atoms with Crippen molar-refractivity contribution in [1.82, 2.24) is 20.5 Å². The number of nitrogens with two attached hydrogens (primary N) is 1. The van der Waals surface area contributed by atoms with Crippen LogP contribution in [-0.2, 0) is 25.7 Å².